The van der Waals surface area contributed by atoms with Crippen LogP contribution in [0.2, 0.25) is 0 Å². The average molecular weight is 887 g/mol. The normalized spacial score (nSPS) is 14.1. The predicted octanol–water partition coefficient (Wildman–Crippen LogP) is 6.80. The number of fused-ring (bicyclic) bond motifs is 9. The smallest absolute Gasteiger partial charge is 0.208 e. The minimum Gasteiger partial charge on any atom is -0.508 e. The third kappa shape index (κ3) is 4.84. The molecule has 2 aliphatic rings. The Morgan fingerprint density at radius 2 is 0.864 bits per heavy atom. The Hall–Kier alpha value is -8.53. The van der Waals surface area contributed by atoms with Crippen LogP contribution in [-0.4, -0.2) is 87.2 Å². The molecule has 8 aromatic rings. The van der Waals surface area contributed by atoms with Crippen molar-refractivity contribution in [2.75, 3.05) is 4.90 Å². The summed E-state index contributed by atoms with van der Waals surface area (Å²) in [5.41, 5.74) is -2.14. The fourth-order valence-corrected chi connectivity index (χ4v) is 9.95. The summed E-state index contributed by atoms with van der Waals surface area (Å²) in [7, 11) is 11.9. The van der Waals surface area contributed by atoms with Crippen LogP contribution < -0.4 is 15.8 Å². The highest BCUT2D eigenvalue weighted by atomic mass is 16.4. The summed E-state index contributed by atoms with van der Waals surface area (Å²) in [5, 5.41) is 158. The molecular weight excluding hydrogens is 852 g/mol. The van der Waals surface area contributed by atoms with Gasteiger partial charge in [0.2, 0.25) is 23.0 Å². The van der Waals surface area contributed by atoms with E-state index in [1.54, 1.807) is 12.1 Å². The molecule has 14 N–H and O–H groups in total. The van der Waals surface area contributed by atoms with E-state index in [0.29, 0.717) is 16.7 Å². The Labute approximate surface area is 374 Å². The molecule has 0 saturated heterocycles. The molecule has 0 spiro atoms. The van der Waals surface area contributed by atoms with Gasteiger partial charge in [-0.15, -0.1) is 0 Å². The second-order valence-corrected chi connectivity index (χ2v) is 17.4. The van der Waals surface area contributed by atoms with Crippen LogP contribution in [0.3, 0.4) is 0 Å². The lowest BCUT2D eigenvalue weighted by atomic mass is 9.79. The van der Waals surface area contributed by atoms with E-state index >= 15 is 0 Å². The van der Waals surface area contributed by atoms with Crippen LogP contribution in [-0.2, 0) is 10.8 Å². The number of phenols is 14. The van der Waals surface area contributed by atoms with Crippen LogP contribution in [0.25, 0.3) is 55.3 Å². The Balaban J connectivity index is 1.31. The first-order valence-corrected chi connectivity index (χ1v) is 20.0. The fourth-order valence-electron chi connectivity index (χ4n) is 9.95. The van der Waals surface area contributed by atoms with Crippen molar-refractivity contribution in [2.45, 2.75) is 38.5 Å². The van der Waals surface area contributed by atoms with Gasteiger partial charge in [0.1, 0.15) is 44.3 Å². The van der Waals surface area contributed by atoms with E-state index in [1.807, 2.05) is 44.2 Å². The van der Waals surface area contributed by atoms with Crippen molar-refractivity contribution in [1.29, 1.82) is 0 Å². The van der Waals surface area contributed by atoms with Crippen molar-refractivity contribution in [3.05, 3.63) is 76.9 Å². The molecule has 1 aromatic heterocycles. The summed E-state index contributed by atoms with van der Waals surface area (Å²) in [6, 6.07) is 16.8. The van der Waals surface area contributed by atoms with Crippen molar-refractivity contribution in [3.8, 4) is 114 Å². The quantitative estimate of drug-likeness (QED) is 0.0491. The third-order valence-electron chi connectivity index (χ3n) is 13.3. The van der Waals surface area contributed by atoms with Crippen LogP contribution in [0.5, 0.6) is 80.5 Å². The lowest BCUT2D eigenvalue weighted by Crippen LogP contribution is -2.17. The van der Waals surface area contributed by atoms with Gasteiger partial charge < -0.3 is 75.9 Å². The number of nitrogens with zero attached hydrogens (tertiary/aromatic N) is 1. The zero-order chi connectivity index (χ0) is 47.7. The number of aromatic hydroxyl groups is 14. The summed E-state index contributed by atoms with van der Waals surface area (Å²) in [6.07, 6.45) is 0. The van der Waals surface area contributed by atoms with Crippen molar-refractivity contribution in [1.82, 2.24) is 0 Å². The number of benzene rings is 7. The van der Waals surface area contributed by atoms with Gasteiger partial charge >= 0.3 is 0 Å². The van der Waals surface area contributed by atoms with Gasteiger partial charge in [0, 0.05) is 16.4 Å². The third-order valence-corrected chi connectivity index (χ3v) is 13.3. The van der Waals surface area contributed by atoms with Gasteiger partial charge in [-0.3, -0.25) is 4.90 Å². The van der Waals surface area contributed by atoms with Crippen LogP contribution in [0.4, 0.5) is 17.1 Å². The highest BCUT2D eigenvalue weighted by molar-refractivity contribution is 6.42. The summed E-state index contributed by atoms with van der Waals surface area (Å²) in [5.74, 6) is -17.4. The zero-order valence-corrected chi connectivity index (χ0v) is 35.0. The van der Waals surface area contributed by atoms with Crippen molar-refractivity contribution < 1.29 is 75.9 Å². The summed E-state index contributed by atoms with van der Waals surface area (Å²) < 4.78 is 5.70. The van der Waals surface area contributed by atoms with Crippen LogP contribution in [0.1, 0.15) is 49.9 Å². The van der Waals surface area contributed by atoms with E-state index in [1.165, 1.54) is 6.07 Å². The Morgan fingerprint density at radius 1 is 0.394 bits per heavy atom. The maximum Gasteiger partial charge on any atom is 0.208 e. The van der Waals surface area contributed by atoms with Crippen LogP contribution >= 0.6 is 0 Å². The molecule has 0 unspecified atom stereocenters. The summed E-state index contributed by atoms with van der Waals surface area (Å²) in [4.78, 5) is 0.720. The van der Waals surface area contributed by atoms with Crippen LogP contribution in [0, 0.1) is 0 Å². The number of hydrogen-bond donors (Lipinski definition) is 14. The van der Waals surface area contributed by atoms with E-state index in [4.69, 9.17) is 20.1 Å². The number of rotatable bonds is 4. The lowest BCUT2D eigenvalue weighted by molar-refractivity contribution is 0.329. The molecule has 328 valence electrons. The molecule has 0 aliphatic heterocycles. The Bertz CT molecular complexity index is 3520. The van der Waals surface area contributed by atoms with Gasteiger partial charge in [-0.25, -0.2) is 0 Å². The molecule has 66 heavy (non-hydrogen) atoms. The van der Waals surface area contributed by atoms with Crippen molar-refractivity contribution in [2.24, 2.45) is 0 Å². The van der Waals surface area contributed by atoms with Crippen molar-refractivity contribution in [3.63, 3.8) is 0 Å². The first-order valence-electron chi connectivity index (χ1n) is 20.0. The second kappa shape index (κ2) is 13.0. The van der Waals surface area contributed by atoms with Gasteiger partial charge in [-0.2, -0.15) is 0 Å². The minimum absolute atomic E-state index is 0.112. The molecular formula is C48H35B2NO15. The Morgan fingerprint density at radius 3 is 1.47 bits per heavy atom. The van der Waals surface area contributed by atoms with Gasteiger partial charge in [-0.05, 0) is 68.1 Å². The SMILES string of the molecule is [B]c1c(O)c(O)c2oc3c(-c4c(O)c(O)c(N(c5cccc6c5-c5cc7c(cc5C6(C)C)-c5ccccc5C7(C)C)c5c(O)c(O)c(O)c(O)c5O)c(O)c4O)c(O)c([B])c(O)c3c2c1O. The lowest BCUT2D eigenvalue weighted by Gasteiger charge is -2.31. The molecule has 0 fully saturated rings. The van der Waals surface area contributed by atoms with Crippen molar-refractivity contribution >= 4 is 65.6 Å². The predicted molar refractivity (Wildman–Crippen MR) is 243 cm³/mol. The van der Waals surface area contributed by atoms with Gasteiger partial charge in [-0.1, -0.05) is 64.1 Å². The molecule has 0 bridgehead atoms. The molecule has 7 aromatic carbocycles. The fraction of sp³-hybridized carbons (Fsp3) is 0.125. The number of furan rings is 1. The highest BCUT2D eigenvalue weighted by Crippen LogP contribution is 2.67. The molecule has 2 aliphatic carbocycles. The van der Waals surface area contributed by atoms with Crippen LogP contribution in [0.15, 0.2) is 59.0 Å². The van der Waals surface area contributed by atoms with Gasteiger partial charge in [0.05, 0.1) is 27.6 Å². The first kappa shape index (κ1) is 41.5. The number of anilines is 3. The number of hydrogen-bond acceptors (Lipinski definition) is 16. The average Bonchev–Trinajstić information content (AvgIpc) is 3.88. The molecule has 10 rings (SSSR count). The number of phenolic OH excluding ortho intramolecular Hbond substituents is 14. The largest absolute Gasteiger partial charge is 0.508 e. The van der Waals surface area contributed by atoms with E-state index in [0.717, 1.165) is 32.7 Å². The highest BCUT2D eigenvalue weighted by Gasteiger charge is 2.45. The monoisotopic (exact) mass is 887 g/mol. The maximum absolute atomic E-state index is 12.2. The standard InChI is InChI=1S/C48H35B2NO15/c1-47(2)17-9-6-5-8-14(17)15-12-20-16(13-19(15)47)22-18(48(20,3)4)10-7-11-21(22)51(30-39(60)41(62)43(64)42(63)40(30)61)29-37(58)34(55)23(35(56)38(29)59)24-31(52)27(49)32(53)25-26-33(54)28(50)36(57)44(65)46(26)66-45(24)25/h5-13,52-65H,1-4H3. The van der Waals surface area contributed by atoms with E-state index in [-0.39, 0.29) is 5.69 Å². The molecule has 0 atom stereocenters. The second-order valence-electron chi connectivity index (χ2n) is 17.4. The molecule has 16 nitrogen and oxygen atoms in total. The zero-order valence-electron chi connectivity index (χ0n) is 35.0. The Kier molecular flexibility index (Phi) is 8.19. The van der Waals surface area contributed by atoms with Gasteiger partial charge in [0.15, 0.2) is 51.4 Å². The molecule has 0 amide bonds. The summed E-state index contributed by atoms with van der Waals surface area (Å²) >= 11 is 0. The molecule has 4 radical (unpaired) electrons. The van der Waals surface area contributed by atoms with E-state index < -0.39 is 147 Å². The minimum atomic E-state index is -1.39. The summed E-state index contributed by atoms with van der Waals surface area (Å²) in [6.45, 7) is 8.02. The van der Waals surface area contributed by atoms with Gasteiger partial charge in [0.25, 0.3) is 0 Å². The van der Waals surface area contributed by atoms with E-state index in [2.05, 4.69) is 19.9 Å². The molecule has 1 heterocycles. The van der Waals surface area contributed by atoms with E-state index in [9.17, 15) is 71.5 Å². The molecule has 0 saturated carbocycles. The first-order chi connectivity index (χ1) is 31.0. The maximum atomic E-state index is 12.2. The molecule has 18 heteroatoms. The topological polar surface area (TPSA) is 300 Å².